The normalized spacial score (nSPS) is 27.6. The molecule has 0 saturated heterocycles. The maximum absolute atomic E-state index is 6.13. The zero-order chi connectivity index (χ0) is 12.3. The van der Waals surface area contributed by atoms with E-state index in [2.05, 4.69) is 5.32 Å². The van der Waals surface area contributed by atoms with Gasteiger partial charge in [-0.1, -0.05) is 23.7 Å². The van der Waals surface area contributed by atoms with Gasteiger partial charge in [-0.2, -0.15) is 0 Å². The van der Waals surface area contributed by atoms with Crippen molar-refractivity contribution in [2.75, 3.05) is 18.5 Å². The Morgan fingerprint density at radius 1 is 1.47 bits per heavy atom. The first-order chi connectivity index (χ1) is 8.19. The van der Waals surface area contributed by atoms with Gasteiger partial charge in [0.15, 0.2) is 0 Å². The van der Waals surface area contributed by atoms with E-state index >= 15 is 0 Å². The van der Waals surface area contributed by atoms with Gasteiger partial charge in [0.05, 0.1) is 22.4 Å². The van der Waals surface area contributed by atoms with Crippen LogP contribution < -0.4 is 11.1 Å². The standard InChI is InChI=1S/C13H19ClN2O/c1-2-17-10-7-13(8-10,9-15)16-12-6-4-3-5-11(12)14/h3-6,10,16H,2,7-9,15H2,1H3. The second-order valence-corrected chi connectivity index (χ2v) is 4.98. The fourth-order valence-electron chi connectivity index (χ4n) is 2.33. The molecule has 1 aromatic carbocycles. The number of nitrogens with two attached hydrogens (primary N) is 1. The van der Waals surface area contributed by atoms with Gasteiger partial charge in [-0.05, 0) is 31.9 Å². The van der Waals surface area contributed by atoms with E-state index in [1.165, 1.54) is 0 Å². The molecule has 2 rings (SSSR count). The average Bonchev–Trinajstić information content (AvgIpc) is 2.29. The molecule has 1 fully saturated rings. The zero-order valence-corrected chi connectivity index (χ0v) is 10.8. The van der Waals surface area contributed by atoms with Crippen molar-refractivity contribution in [3.05, 3.63) is 29.3 Å². The molecule has 0 heterocycles. The van der Waals surface area contributed by atoms with Crippen LogP contribution in [-0.4, -0.2) is 24.8 Å². The number of halogens is 1. The van der Waals surface area contributed by atoms with E-state index in [4.69, 9.17) is 22.1 Å². The number of nitrogens with one attached hydrogen (secondary N) is 1. The lowest BCUT2D eigenvalue weighted by Gasteiger charge is -2.48. The molecule has 0 unspecified atom stereocenters. The molecular weight excluding hydrogens is 236 g/mol. The molecular formula is C13H19ClN2O. The number of hydrogen-bond donors (Lipinski definition) is 2. The lowest BCUT2D eigenvalue weighted by atomic mass is 9.74. The van der Waals surface area contributed by atoms with Crippen LogP contribution >= 0.6 is 11.6 Å². The van der Waals surface area contributed by atoms with Crippen LogP contribution in [0.2, 0.25) is 5.02 Å². The first-order valence-corrected chi connectivity index (χ1v) is 6.41. The third-order valence-corrected chi connectivity index (χ3v) is 3.63. The van der Waals surface area contributed by atoms with Gasteiger partial charge < -0.3 is 15.8 Å². The van der Waals surface area contributed by atoms with E-state index in [1.807, 2.05) is 31.2 Å². The first-order valence-electron chi connectivity index (χ1n) is 6.03. The van der Waals surface area contributed by atoms with Crippen molar-refractivity contribution in [3.63, 3.8) is 0 Å². The van der Waals surface area contributed by atoms with Crippen LogP contribution in [0, 0.1) is 0 Å². The molecule has 0 bridgehead atoms. The molecule has 0 spiro atoms. The highest BCUT2D eigenvalue weighted by molar-refractivity contribution is 6.33. The molecule has 3 N–H and O–H groups in total. The van der Waals surface area contributed by atoms with Crippen molar-refractivity contribution in [1.82, 2.24) is 0 Å². The summed E-state index contributed by atoms with van der Waals surface area (Å²) < 4.78 is 5.57. The largest absolute Gasteiger partial charge is 0.378 e. The van der Waals surface area contributed by atoms with Crippen molar-refractivity contribution >= 4 is 17.3 Å². The molecule has 1 saturated carbocycles. The third-order valence-electron chi connectivity index (χ3n) is 3.30. The molecule has 1 aliphatic rings. The van der Waals surface area contributed by atoms with Crippen LogP contribution in [0.3, 0.4) is 0 Å². The molecule has 0 radical (unpaired) electrons. The minimum atomic E-state index is -0.0508. The summed E-state index contributed by atoms with van der Waals surface area (Å²) in [5.41, 5.74) is 6.77. The van der Waals surface area contributed by atoms with Gasteiger partial charge in [-0.25, -0.2) is 0 Å². The summed E-state index contributed by atoms with van der Waals surface area (Å²) in [6, 6.07) is 7.75. The van der Waals surface area contributed by atoms with Gasteiger partial charge in [0.1, 0.15) is 0 Å². The number of para-hydroxylation sites is 1. The Hall–Kier alpha value is -0.770. The van der Waals surface area contributed by atoms with Crippen LogP contribution in [0.25, 0.3) is 0 Å². The van der Waals surface area contributed by atoms with Crippen LogP contribution in [0.4, 0.5) is 5.69 Å². The van der Waals surface area contributed by atoms with Crippen molar-refractivity contribution in [3.8, 4) is 0 Å². The maximum atomic E-state index is 6.13. The molecule has 0 aliphatic heterocycles. The third kappa shape index (κ3) is 2.73. The molecule has 0 amide bonds. The summed E-state index contributed by atoms with van der Waals surface area (Å²) in [6.45, 7) is 3.38. The Kier molecular flexibility index (Phi) is 3.92. The number of anilines is 1. The smallest absolute Gasteiger partial charge is 0.0637 e. The summed E-state index contributed by atoms with van der Waals surface area (Å²) in [5, 5.41) is 4.20. The highest BCUT2D eigenvalue weighted by Gasteiger charge is 2.44. The molecule has 3 nitrogen and oxygen atoms in total. The predicted molar refractivity (Wildman–Crippen MR) is 71.5 cm³/mol. The monoisotopic (exact) mass is 254 g/mol. The van der Waals surface area contributed by atoms with Crippen LogP contribution in [0.1, 0.15) is 19.8 Å². The minimum Gasteiger partial charge on any atom is -0.378 e. The highest BCUT2D eigenvalue weighted by Crippen LogP contribution is 2.38. The van der Waals surface area contributed by atoms with Crippen LogP contribution in [-0.2, 0) is 4.74 Å². The van der Waals surface area contributed by atoms with E-state index in [0.29, 0.717) is 12.6 Å². The first kappa shape index (κ1) is 12.7. The van der Waals surface area contributed by atoms with Gasteiger partial charge in [0, 0.05) is 13.2 Å². The Morgan fingerprint density at radius 2 is 2.18 bits per heavy atom. The molecule has 1 aromatic rings. The number of hydrogen-bond acceptors (Lipinski definition) is 3. The lowest BCUT2D eigenvalue weighted by Crippen LogP contribution is -2.58. The molecule has 1 aliphatic carbocycles. The summed E-state index contributed by atoms with van der Waals surface area (Å²) in [6.07, 6.45) is 2.23. The van der Waals surface area contributed by atoms with Gasteiger partial charge in [-0.15, -0.1) is 0 Å². The summed E-state index contributed by atoms with van der Waals surface area (Å²) in [7, 11) is 0. The number of benzene rings is 1. The van der Waals surface area contributed by atoms with Crippen molar-refractivity contribution < 1.29 is 4.74 Å². The molecule has 4 heteroatoms. The predicted octanol–water partition coefficient (Wildman–Crippen LogP) is 2.65. The zero-order valence-electron chi connectivity index (χ0n) is 10.1. The van der Waals surface area contributed by atoms with Gasteiger partial charge in [0.25, 0.3) is 0 Å². The number of rotatable bonds is 5. The molecule has 17 heavy (non-hydrogen) atoms. The molecule has 0 atom stereocenters. The maximum Gasteiger partial charge on any atom is 0.0637 e. The number of ether oxygens (including phenoxy) is 1. The Morgan fingerprint density at radius 3 is 2.76 bits per heavy atom. The molecule has 0 aromatic heterocycles. The van der Waals surface area contributed by atoms with Crippen molar-refractivity contribution in [2.24, 2.45) is 5.73 Å². The van der Waals surface area contributed by atoms with Gasteiger partial charge in [0.2, 0.25) is 0 Å². The summed E-state index contributed by atoms with van der Waals surface area (Å²) in [4.78, 5) is 0. The fraction of sp³-hybridized carbons (Fsp3) is 0.538. The van der Waals surface area contributed by atoms with Gasteiger partial charge >= 0.3 is 0 Å². The van der Waals surface area contributed by atoms with E-state index in [9.17, 15) is 0 Å². The lowest BCUT2D eigenvalue weighted by molar-refractivity contribution is -0.0271. The second-order valence-electron chi connectivity index (χ2n) is 4.57. The van der Waals surface area contributed by atoms with Crippen molar-refractivity contribution in [2.45, 2.75) is 31.4 Å². The highest BCUT2D eigenvalue weighted by atomic mass is 35.5. The summed E-state index contributed by atoms with van der Waals surface area (Å²) in [5.74, 6) is 0. The van der Waals surface area contributed by atoms with Gasteiger partial charge in [-0.3, -0.25) is 0 Å². The van der Waals surface area contributed by atoms with Crippen molar-refractivity contribution in [1.29, 1.82) is 0 Å². The minimum absolute atomic E-state index is 0.0508. The average molecular weight is 255 g/mol. The van der Waals surface area contributed by atoms with E-state index in [1.54, 1.807) is 0 Å². The topological polar surface area (TPSA) is 47.3 Å². The molecule has 94 valence electrons. The van der Waals surface area contributed by atoms with Crippen LogP contribution in [0.15, 0.2) is 24.3 Å². The van der Waals surface area contributed by atoms with E-state index in [-0.39, 0.29) is 5.54 Å². The Labute approximate surface area is 107 Å². The fourth-order valence-corrected chi connectivity index (χ4v) is 2.52. The second kappa shape index (κ2) is 5.25. The quantitative estimate of drug-likeness (QED) is 0.849. The Bertz CT molecular complexity index is 377. The SMILES string of the molecule is CCOC1CC(CN)(Nc2ccccc2Cl)C1. The van der Waals surface area contributed by atoms with Crippen LogP contribution in [0.5, 0.6) is 0 Å². The summed E-state index contributed by atoms with van der Waals surface area (Å²) >= 11 is 6.13. The Balaban J connectivity index is 2.00. The van der Waals surface area contributed by atoms with E-state index < -0.39 is 0 Å². The van der Waals surface area contributed by atoms with E-state index in [0.717, 1.165) is 30.2 Å².